The number of aryl methyl sites for hydroxylation is 1. The summed E-state index contributed by atoms with van der Waals surface area (Å²) in [5.41, 5.74) is 2.84. The smallest absolute Gasteiger partial charge is 0.264 e. The van der Waals surface area contributed by atoms with Crippen LogP contribution >= 0.6 is 0 Å². The molecule has 8 heteroatoms. The second-order valence-corrected chi connectivity index (χ2v) is 8.52. The van der Waals surface area contributed by atoms with Gasteiger partial charge in [-0.05, 0) is 43.2 Å². The molecule has 0 bridgehead atoms. The molecule has 0 amide bonds. The molecule has 0 saturated heterocycles. The highest BCUT2D eigenvalue weighted by atomic mass is 32.2. The number of nitrogens with zero attached hydrogens (tertiary/aromatic N) is 2. The topological polar surface area (TPSA) is 106 Å². The van der Waals surface area contributed by atoms with Crippen LogP contribution in [0.4, 0.5) is 11.4 Å². The van der Waals surface area contributed by atoms with Gasteiger partial charge in [0, 0.05) is 41.8 Å². The predicted molar refractivity (Wildman–Crippen MR) is 108 cm³/mol. The summed E-state index contributed by atoms with van der Waals surface area (Å²) in [5, 5.41) is 13.1. The van der Waals surface area contributed by atoms with Crippen molar-refractivity contribution in [3.05, 3.63) is 63.6 Å². The summed E-state index contributed by atoms with van der Waals surface area (Å²) in [6, 6.07) is 10.1. The summed E-state index contributed by atoms with van der Waals surface area (Å²) in [4.78, 5) is 14.9. The highest BCUT2D eigenvalue weighted by Crippen LogP contribution is 2.39. The number of nitriles is 1. The Morgan fingerprint density at radius 1 is 1.29 bits per heavy atom. The van der Waals surface area contributed by atoms with Gasteiger partial charge in [-0.15, -0.1) is 0 Å². The fourth-order valence-electron chi connectivity index (χ4n) is 3.80. The van der Waals surface area contributed by atoms with Crippen LogP contribution in [0.15, 0.2) is 46.2 Å². The molecular weight excluding hydrogens is 376 g/mol. The standard InChI is InChI=1S/C20H18N4O3S/c1-12-11-23-20(25)15-4-3-5-18(19(12)15)28(26,27)24-7-6-14-16(22-2)8-13(10-21)9-17(14)24/h3-5,8-9,11,22H,6-7H2,1-2H3,(H,23,25). The number of nitrogens with one attached hydrogen (secondary N) is 2. The molecule has 1 aromatic heterocycles. The average molecular weight is 394 g/mol. The van der Waals surface area contributed by atoms with Gasteiger partial charge in [-0.25, -0.2) is 8.42 Å². The minimum Gasteiger partial charge on any atom is -0.388 e. The molecule has 2 heterocycles. The van der Waals surface area contributed by atoms with Gasteiger partial charge in [0.15, 0.2) is 0 Å². The summed E-state index contributed by atoms with van der Waals surface area (Å²) >= 11 is 0. The monoisotopic (exact) mass is 394 g/mol. The van der Waals surface area contributed by atoms with Gasteiger partial charge >= 0.3 is 0 Å². The van der Waals surface area contributed by atoms with E-state index in [-0.39, 0.29) is 17.0 Å². The van der Waals surface area contributed by atoms with Crippen molar-refractivity contribution in [3.8, 4) is 6.07 Å². The van der Waals surface area contributed by atoms with Crippen LogP contribution in [0.1, 0.15) is 16.7 Å². The minimum absolute atomic E-state index is 0.0924. The summed E-state index contributed by atoms with van der Waals surface area (Å²) in [6.45, 7) is 2.04. The Hall–Kier alpha value is -3.31. The molecule has 0 radical (unpaired) electrons. The van der Waals surface area contributed by atoms with Gasteiger partial charge in [0.25, 0.3) is 15.6 Å². The molecule has 3 aromatic rings. The Balaban J connectivity index is 1.97. The Bertz CT molecular complexity index is 1320. The number of sulfonamides is 1. The highest BCUT2D eigenvalue weighted by molar-refractivity contribution is 7.93. The first-order valence-electron chi connectivity index (χ1n) is 8.77. The molecule has 0 saturated carbocycles. The fourth-order valence-corrected chi connectivity index (χ4v) is 5.57. The Morgan fingerprint density at radius 3 is 2.79 bits per heavy atom. The molecule has 0 fully saturated rings. The quantitative estimate of drug-likeness (QED) is 0.710. The van der Waals surface area contributed by atoms with Crippen molar-refractivity contribution in [3.63, 3.8) is 0 Å². The zero-order valence-electron chi connectivity index (χ0n) is 15.4. The molecule has 1 aliphatic rings. The maximum atomic E-state index is 13.6. The first kappa shape index (κ1) is 18.1. The number of hydrogen-bond donors (Lipinski definition) is 2. The molecular formula is C20H18N4O3S. The van der Waals surface area contributed by atoms with Gasteiger partial charge in [0.05, 0.1) is 22.2 Å². The largest absolute Gasteiger partial charge is 0.388 e. The second-order valence-electron chi connectivity index (χ2n) is 6.69. The number of anilines is 2. The van der Waals surface area contributed by atoms with Crippen LogP contribution in [0.5, 0.6) is 0 Å². The van der Waals surface area contributed by atoms with Crippen molar-refractivity contribution in [2.24, 2.45) is 0 Å². The molecule has 142 valence electrons. The van der Waals surface area contributed by atoms with E-state index in [0.717, 1.165) is 11.3 Å². The summed E-state index contributed by atoms with van der Waals surface area (Å²) in [6.07, 6.45) is 2.06. The average Bonchev–Trinajstić information content (AvgIpc) is 3.14. The van der Waals surface area contributed by atoms with Crippen LogP contribution in [-0.4, -0.2) is 27.0 Å². The van der Waals surface area contributed by atoms with Crippen LogP contribution < -0.4 is 15.2 Å². The van der Waals surface area contributed by atoms with Gasteiger partial charge in [0.1, 0.15) is 0 Å². The van der Waals surface area contributed by atoms with Crippen molar-refractivity contribution in [2.75, 3.05) is 23.2 Å². The molecule has 2 aromatic carbocycles. The lowest BCUT2D eigenvalue weighted by atomic mass is 10.1. The number of aromatic nitrogens is 1. The number of aromatic amines is 1. The summed E-state index contributed by atoms with van der Waals surface area (Å²) in [7, 11) is -2.18. The lowest BCUT2D eigenvalue weighted by Crippen LogP contribution is -2.29. The molecule has 28 heavy (non-hydrogen) atoms. The van der Waals surface area contributed by atoms with E-state index in [9.17, 15) is 18.5 Å². The molecule has 0 atom stereocenters. The maximum absolute atomic E-state index is 13.6. The summed E-state index contributed by atoms with van der Waals surface area (Å²) in [5.74, 6) is 0. The van der Waals surface area contributed by atoms with E-state index in [4.69, 9.17) is 0 Å². The fraction of sp³-hybridized carbons (Fsp3) is 0.200. The van der Waals surface area contributed by atoms with E-state index in [1.165, 1.54) is 16.6 Å². The molecule has 4 rings (SSSR count). The minimum atomic E-state index is -3.92. The number of H-pyrrole nitrogens is 1. The Labute approximate surface area is 162 Å². The van der Waals surface area contributed by atoms with Crippen LogP contribution in [0.25, 0.3) is 10.8 Å². The van der Waals surface area contributed by atoms with Gasteiger partial charge in [0.2, 0.25) is 0 Å². The number of pyridine rings is 1. The third kappa shape index (κ3) is 2.55. The SMILES string of the molecule is CNc1cc(C#N)cc2c1CCN2S(=O)(=O)c1cccc2c(=O)[nH]cc(C)c12. The molecule has 2 N–H and O–H groups in total. The van der Waals surface area contributed by atoms with E-state index in [1.54, 1.807) is 38.2 Å². The number of hydrogen-bond acceptors (Lipinski definition) is 5. The predicted octanol–water partition coefficient (Wildman–Crippen LogP) is 2.50. The molecule has 0 unspecified atom stereocenters. The van der Waals surface area contributed by atoms with Crippen molar-refractivity contribution in [1.29, 1.82) is 5.26 Å². The van der Waals surface area contributed by atoms with Gasteiger partial charge in [-0.2, -0.15) is 5.26 Å². The third-order valence-electron chi connectivity index (χ3n) is 5.11. The number of fused-ring (bicyclic) bond motifs is 2. The van der Waals surface area contributed by atoms with E-state index in [0.29, 0.717) is 34.0 Å². The van der Waals surface area contributed by atoms with Crippen LogP contribution in [0.2, 0.25) is 0 Å². The molecule has 1 aliphatic heterocycles. The van der Waals surface area contributed by atoms with E-state index in [2.05, 4.69) is 16.4 Å². The van der Waals surface area contributed by atoms with Crippen molar-refractivity contribution < 1.29 is 8.42 Å². The van der Waals surface area contributed by atoms with Crippen molar-refractivity contribution in [1.82, 2.24) is 4.98 Å². The molecule has 7 nitrogen and oxygen atoms in total. The zero-order valence-corrected chi connectivity index (χ0v) is 16.2. The van der Waals surface area contributed by atoms with Gasteiger partial charge in [-0.1, -0.05) is 6.07 Å². The first-order chi connectivity index (χ1) is 13.4. The maximum Gasteiger partial charge on any atom is 0.264 e. The van der Waals surface area contributed by atoms with Gasteiger partial charge < -0.3 is 10.3 Å². The van der Waals surface area contributed by atoms with Crippen LogP contribution in [0, 0.1) is 18.3 Å². The first-order valence-corrected chi connectivity index (χ1v) is 10.2. The normalized spacial score (nSPS) is 13.4. The second kappa shape index (κ2) is 6.39. The van der Waals surface area contributed by atoms with E-state index in [1.807, 2.05) is 0 Å². The molecule has 0 spiro atoms. The Kier molecular flexibility index (Phi) is 4.12. The van der Waals surface area contributed by atoms with E-state index < -0.39 is 10.0 Å². The van der Waals surface area contributed by atoms with Crippen molar-refractivity contribution >= 4 is 32.2 Å². The third-order valence-corrected chi connectivity index (χ3v) is 6.97. The summed E-state index contributed by atoms with van der Waals surface area (Å²) < 4.78 is 28.5. The van der Waals surface area contributed by atoms with Crippen molar-refractivity contribution in [2.45, 2.75) is 18.2 Å². The molecule has 0 aliphatic carbocycles. The zero-order chi connectivity index (χ0) is 20.1. The van der Waals surface area contributed by atoms with Crippen LogP contribution in [0.3, 0.4) is 0 Å². The lowest BCUT2D eigenvalue weighted by Gasteiger charge is -2.21. The Morgan fingerprint density at radius 2 is 2.07 bits per heavy atom. The van der Waals surface area contributed by atoms with E-state index >= 15 is 0 Å². The van der Waals surface area contributed by atoms with Crippen LogP contribution in [-0.2, 0) is 16.4 Å². The highest BCUT2D eigenvalue weighted by Gasteiger charge is 2.34. The number of rotatable bonds is 3. The van der Waals surface area contributed by atoms with Gasteiger partial charge in [-0.3, -0.25) is 9.10 Å². The lowest BCUT2D eigenvalue weighted by molar-refractivity contribution is 0.593. The number of benzene rings is 2.